The van der Waals surface area contributed by atoms with Crippen molar-refractivity contribution < 1.29 is 23.1 Å². The Morgan fingerprint density at radius 2 is 1.46 bits per heavy atom. The summed E-state index contributed by atoms with van der Waals surface area (Å²) < 4.78 is 31.3. The van der Waals surface area contributed by atoms with Gasteiger partial charge in [0.2, 0.25) is 0 Å². The second kappa shape index (κ2) is 8.27. The zero-order valence-corrected chi connectivity index (χ0v) is 16.1. The molecule has 0 radical (unpaired) electrons. The van der Waals surface area contributed by atoms with Gasteiger partial charge in [-0.15, -0.1) is 0 Å². The molecule has 0 heterocycles. The number of methoxy groups -OCH3 is 1. The highest BCUT2D eigenvalue weighted by atomic mass is 32.2. The van der Waals surface area contributed by atoms with Crippen LogP contribution in [0.5, 0.6) is 5.75 Å². The largest absolute Gasteiger partial charge is 0.497 e. The first kappa shape index (κ1) is 19.6. The zero-order valence-electron chi connectivity index (χ0n) is 15.3. The summed E-state index contributed by atoms with van der Waals surface area (Å²) in [6.45, 7) is 0. The number of rotatable bonds is 7. The highest BCUT2D eigenvalue weighted by Gasteiger charge is 2.31. The lowest BCUT2D eigenvalue weighted by molar-refractivity contribution is -0.137. The third kappa shape index (κ3) is 4.23. The van der Waals surface area contributed by atoms with Crippen molar-refractivity contribution in [1.29, 1.82) is 0 Å². The number of ether oxygens (including phenoxy) is 1. The van der Waals surface area contributed by atoms with E-state index in [0.717, 1.165) is 11.1 Å². The minimum atomic E-state index is -3.89. The Bertz CT molecular complexity index is 1040. The summed E-state index contributed by atoms with van der Waals surface area (Å²) in [6.07, 6.45) is -0.515. The average Bonchev–Trinajstić information content (AvgIpc) is 2.72. The molecule has 0 aromatic heterocycles. The van der Waals surface area contributed by atoms with Crippen LogP contribution in [-0.2, 0) is 14.6 Å². The molecule has 1 atom stereocenters. The monoisotopic (exact) mass is 396 g/mol. The van der Waals surface area contributed by atoms with Crippen molar-refractivity contribution in [1.82, 2.24) is 0 Å². The van der Waals surface area contributed by atoms with Crippen molar-refractivity contribution in [2.24, 2.45) is 0 Å². The van der Waals surface area contributed by atoms with Crippen LogP contribution < -0.4 is 4.74 Å². The number of benzene rings is 3. The molecule has 0 saturated heterocycles. The maximum absolute atomic E-state index is 13.1. The molecule has 0 aliphatic carbocycles. The molecule has 0 amide bonds. The summed E-state index contributed by atoms with van der Waals surface area (Å²) in [6, 6.07) is 22.6. The maximum Gasteiger partial charge on any atom is 0.305 e. The summed E-state index contributed by atoms with van der Waals surface area (Å²) in [4.78, 5) is 11.4. The van der Waals surface area contributed by atoms with Crippen LogP contribution in [0.1, 0.15) is 17.2 Å². The predicted octanol–water partition coefficient (Wildman–Crippen LogP) is 4.35. The summed E-state index contributed by atoms with van der Waals surface area (Å²) in [5.74, 6) is -0.643. The molecular weight excluding hydrogens is 376 g/mol. The van der Waals surface area contributed by atoms with E-state index in [1.807, 2.05) is 42.5 Å². The molecule has 6 heteroatoms. The first-order valence-electron chi connectivity index (χ1n) is 8.67. The van der Waals surface area contributed by atoms with E-state index >= 15 is 0 Å². The van der Waals surface area contributed by atoms with Gasteiger partial charge in [-0.3, -0.25) is 4.79 Å². The van der Waals surface area contributed by atoms with Gasteiger partial charge in [-0.1, -0.05) is 54.6 Å². The Kier molecular flexibility index (Phi) is 5.80. The molecule has 3 aromatic rings. The van der Waals surface area contributed by atoms with E-state index in [0.29, 0.717) is 11.3 Å². The summed E-state index contributed by atoms with van der Waals surface area (Å²) in [5, 5.41) is 8.11. The van der Waals surface area contributed by atoms with E-state index in [-0.39, 0.29) is 4.90 Å². The average molecular weight is 396 g/mol. The standard InChI is InChI=1S/C22H20O5S/c1-27-19-11-13-20(14-12-19)28(25,26)21(15-22(23)24)18-9-7-17(8-10-18)16-5-3-2-4-6-16/h2-14,21H,15H2,1H3,(H,23,24). The van der Waals surface area contributed by atoms with E-state index in [4.69, 9.17) is 4.74 Å². The number of carbonyl (C=O) groups is 1. The quantitative estimate of drug-likeness (QED) is 0.642. The van der Waals surface area contributed by atoms with Gasteiger partial charge < -0.3 is 9.84 Å². The van der Waals surface area contributed by atoms with E-state index in [9.17, 15) is 18.3 Å². The zero-order chi connectivity index (χ0) is 20.1. The van der Waals surface area contributed by atoms with E-state index in [2.05, 4.69) is 0 Å². The number of carboxylic acids is 1. The fourth-order valence-electron chi connectivity index (χ4n) is 3.02. The SMILES string of the molecule is COc1ccc(S(=O)(=O)C(CC(=O)O)c2ccc(-c3ccccc3)cc2)cc1. The second-order valence-electron chi connectivity index (χ2n) is 6.30. The summed E-state index contributed by atoms with van der Waals surface area (Å²) in [7, 11) is -2.40. The topological polar surface area (TPSA) is 80.7 Å². The highest BCUT2D eigenvalue weighted by Crippen LogP contribution is 2.33. The number of hydrogen-bond acceptors (Lipinski definition) is 4. The Morgan fingerprint density at radius 3 is 2.00 bits per heavy atom. The molecule has 0 fully saturated rings. The maximum atomic E-state index is 13.1. The van der Waals surface area contributed by atoms with Gasteiger partial charge in [0.25, 0.3) is 0 Å². The summed E-state index contributed by atoms with van der Waals surface area (Å²) in [5.41, 5.74) is 2.38. The molecular formula is C22H20O5S. The minimum Gasteiger partial charge on any atom is -0.497 e. The fourth-order valence-corrected chi connectivity index (χ4v) is 4.74. The van der Waals surface area contributed by atoms with Crippen molar-refractivity contribution in [2.75, 3.05) is 7.11 Å². The lowest BCUT2D eigenvalue weighted by Gasteiger charge is -2.17. The Hall–Kier alpha value is -3.12. The molecule has 3 aromatic carbocycles. The van der Waals surface area contributed by atoms with Crippen molar-refractivity contribution in [3.63, 3.8) is 0 Å². The lowest BCUT2D eigenvalue weighted by Crippen LogP contribution is -2.17. The fraction of sp³-hybridized carbons (Fsp3) is 0.136. The van der Waals surface area contributed by atoms with Crippen molar-refractivity contribution in [3.05, 3.63) is 84.4 Å². The van der Waals surface area contributed by atoms with Crippen molar-refractivity contribution in [2.45, 2.75) is 16.6 Å². The normalized spacial score (nSPS) is 12.3. The van der Waals surface area contributed by atoms with Crippen molar-refractivity contribution in [3.8, 4) is 16.9 Å². The van der Waals surface area contributed by atoms with Crippen LogP contribution in [0.15, 0.2) is 83.8 Å². The molecule has 3 rings (SSSR count). The van der Waals surface area contributed by atoms with Gasteiger partial charge in [0.15, 0.2) is 9.84 Å². The van der Waals surface area contributed by atoms with Gasteiger partial charge in [0.05, 0.1) is 18.4 Å². The van der Waals surface area contributed by atoms with Gasteiger partial charge in [-0.2, -0.15) is 0 Å². The van der Waals surface area contributed by atoms with Gasteiger partial charge in [0, 0.05) is 0 Å². The first-order chi connectivity index (χ1) is 13.4. The van der Waals surface area contributed by atoms with Gasteiger partial charge in [-0.25, -0.2) is 8.42 Å². The molecule has 0 aliphatic rings. The van der Waals surface area contributed by atoms with Gasteiger partial charge >= 0.3 is 5.97 Å². The number of sulfone groups is 1. The second-order valence-corrected chi connectivity index (χ2v) is 8.43. The molecule has 0 saturated carbocycles. The molecule has 5 nitrogen and oxygen atoms in total. The molecule has 0 spiro atoms. The Labute approximate surface area is 164 Å². The van der Waals surface area contributed by atoms with Crippen LogP contribution >= 0.6 is 0 Å². The van der Waals surface area contributed by atoms with Crippen molar-refractivity contribution >= 4 is 15.8 Å². The van der Waals surface area contributed by atoms with Crippen LogP contribution in [0, 0.1) is 0 Å². The van der Waals surface area contributed by atoms with Crippen LogP contribution in [-0.4, -0.2) is 26.6 Å². The number of carboxylic acid groups (broad SMARTS) is 1. The van der Waals surface area contributed by atoms with Gasteiger partial charge in [0.1, 0.15) is 11.0 Å². The number of hydrogen-bond donors (Lipinski definition) is 1. The van der Waals surface area contributed by atoms with Crippen LogP contribution in [0.25, 0.3) is 11.1 Å². The van der Waals surface area contributed by atoms with E-state index in [1.165, 1.54) is 19.2 Å². The van der Waals surface area contributed by atoms with Crippen LogP contribution in [0.4, 0.5) is 0 Å². The smallest absolute Gasteiger partial charge is 0.305 e. The first-order valence-corrected chi connectivity index (χ1v) is 10.2. The highest BCUT2D eigenvalue weighted by molar-refractivity contribution is 7.91. The molecule has 0 bridgehead atoms. The summed E-state index contributed by atoms with van der Waals surface area (Å²) >= 11 is 0. The van der Waals surface area contributed by atoms with Crippen LogP contribution in [0.2, 0.25) is 0 Å². The third-order valence-electron chi connectivity index (χ3n) is 4.51. The molecule has 28 heavy (non-hydrogen) atoms. The molecule has 1 N–H and O–H groups in total. The Balaban J connectivity index is 1.98. The third-order valence-corrected chi connectivity index (χ3v) is 6.63. The van der Waals surface area contributed by atoms with Gasteiger partial charge in [-0.05, 0) is 41.0 Å². The van der Waals surface area contributed by atoms with E-state index < -0.39 is 27.5 Å². The molecule has 0 aliphatic heterocycles. The minimum absolute atomic E-state index is 0.0617. The predicted molar refractivity (Wildman–Crippen MR) is 107 cm³/mol. The number of aliphatic carboxylic acids is 1. The Morgan fingerprint density at radius 1 is 0.893 bits per heavy atom. The molecule has 144 valence electrons. The van der Waals surface area contributed by atoms with E-state index in [1.54, 1.807) is 24.3 Å². The lowest BCUT2D eigenvalue weighted by atomic mass is 10.0. The van der Waals surface area contributed by atoms with Crippen LogP contribution in [0.3, 0.4) is 0 Å². The molecule has 1 unspecified atom stereocenters.